The standard InChI is InChI=1S/C5H10N3O5P/c6-5(7-14(11,12)13)8-2-1-3(8)4(9)10/h3H,1-2H2,(H,9,10)(H4,6,7,11,12,13). The van der Waals surface area contributed by atoms with Crippen molar-refractivity contribution in [2.45, 2.75) is 12.5 Å². The van der Waals surface area contributed by atoms with Crippen molar-refractivity contribution in [1.82, 2.24) is 4.90 Å². The third-order valence-electron chi connectivity index (χ3n) is 1.83. The number of rotatable bonds is 2. The smallest absolute Gasteiger partial charge is 0.451 e. The Bertz CT molecular complexity index is 323. The lowest BCUT2D eigenvalue weighted by Gasteiger charge is -2.38. The van der Waals surface area contributed by atoms with Gasteiger partial charge in [-0.3, -0.25) is 0 Å². The van der Waals surface area contributed by atoms with Crippen molar-refractivity contribution in [3.05, 3.63) is 0 Å². The van der Waals surface area contributed by atoms with Gasteiger partial charge in [-0.25, -0.2) is 9.36 Å². The Balaban J connectivity index is 2.72. The summed E-state index contributed by atoms with van der Waals surface area (Å²) < 4.78 is 13.3. The molecule has 1 heterocycles. The Labute approximate surface area is 79.3 Å². The van der Waals surface area contributed by atoms with E-state index >= 15 is 0 Å². The normalized spacial score (nSPS) is 23.1. The van der Waals surface area contributed by atoms with Crippen LogP contribution in [-0.4, -0.2) is 44.3 Å². The molecular formula is C5H10N3O5P. The van der Waals surface area contributed by atoms with E-state index < -0.39 is 25.7 Å². The van der Waals surface area contributed by atoms with Gasteiger partial charge in [-0.05, 0) is 6.42 Å². The van der Waals surface area contributed by atoms with E-state index in [0.29, 0.717) is 13.0 Å². The Morgan fingerprint density at radius 1 is 1.57 bits per heavy atom. The lowest BCUT2D eigenvalue weighted by Crippen LogP contribution is -2.57. The first kappa shape index (κ1) is 11.0. The molecule has 0 saturated carbocycles. The van der Waals surface area contributed by atoms with Gasteiger partial charge in [0.1, 0.15) is 6.04 Å². The molecule has 1 fully saturated rings. The molecule has 1 atom stereocenters. The molecule has 0 aliphatic carbocycles. The molecule has 14 heavy (non-hydrogen) atoms. The number of carboxylic acids is 1. The average molecular weight is 223 g/mol. The van der Waals surface area contributed by atoms with E-state index in [1.165, 1.54) is 0 Å². The van der Waals surface area contributed by atoms with E-state index in [2.05, 4.69) is 4.76 Å². The summed E-state index contributed by atoms with van der Waals surface area (Å²) in [7, 11) is -4.58. The summed E-state index contributed by atoms with van der Waals surface area (Å²) in [6, 6.07) is -0.828. The van der Waals surface area contributed by atoms with Crippen LogP contribution in [0.25, 0.3) is 0 Å². The van der Waals surface area contributed by atoms with Gasteiger partial charge in [0.25, 0.3) is 0 Å². The first-order valence-corrected chi connectivity index (χ1v) is 5.28. The molecule has 0 bridgehead atoms. The van der Waals surface area contributed by atoms with Crippen LogP contribution in [0.2, 0.25) is 0 Å². The molecule has 0 aromatic heterocycles. The molecular weight excluding hydrogens is 213 g/mol. The number of guanidine groups is 1. The van der Waals surface area contributed by atoms with Gasteiger partial charge in [0.15, 0.2) is 0 Å². The molecule has 80 valence electrons. The quantitative estimate of drug-likeness (QED) is 0.255. The SMILES string of the molecule is N/C(=N\P(=O)(O)O)N1CCC1C(=O)O. The van der Waals surface area contributed by atoms with Crippen molar-refractivity contribution in [3.8, 4) is 0 Å². The topological polar surface area (TPSA) is 136 Å². The molecule has 1 rings (SSSR count). The lowest BCUT2D eigenvalue weighted by atomic mass is 10.0. The van der Waals surface area contributed by atoms with E-state index in [1.54, 1.807) is 0 Å². The van der Waals surface area contributed by atoms with Gasteiger partial charge in [-0.15, -0.1) is 4.76 Å². The van der Waals surface area contributed by atoms with Crippen LogP contribution < -0.4 is 5.73 Å². The number of carbonyl (C=O) groups is 1. The maximum atomic E-state index is 10.5. The molecule has 1 aliphatic heterocycles. The van der Waals surface area contributed by atoms with Crippen molar-refractivity contribution in [3.63, 3.8) is 0 Å². The summed E-state index contributed by atoms with van der Waals surface area (Å²) in [5.41, 5.74) is 5.21. The molecule has 5 N–H and O–H groups in total. The van der Waals surface area contributed by atoms with E-state index in [1.807, 2.05) is 0 Å². The number of nitrogens with zero attached hydrogens (tertiary/aromatic N) is 2. The molecule has 8 nitrogen and oxygen atoms in total. The fraction of sp³-hybridized carbons (Fsp3) is 0.600. The fourth-order valence-electron chi connectivity index (χ4n) is 1.11. The predicted molar refractivity (Wildman–Crippen MR) is 46.4 cm³/mol. The molecule has 1 unspecified atom stereocenters. The van der Waals surface area contributed by atoms with Gasteiger partial charge in [0.2, 0.25) is 5.96 Å². The molecule has 0 radical (unpaired) electrons. The molecule has 1 aliphatic rings. The molecule has 0 spiro atoms. The number of hydrogen-bond acceptors (Lipinski definition) is 2. The summed E-state index contributed by atoms with van der Waals surface area (Å²) in [5.74, 6) is -1.52. The molecule has 0 aromatic carbocycles. The highest BCUT2D eigenvalue weighted by atomic mass is 31.2. The second kappa shape index (κ2) is 3.56. The Hall–Kier alpha value is -1.11. The Morgan fingerprint density at radius 2 is 2.14 bits per heavy atom. The Morgan fingerprint density at radius 3 is 2.43 bits per heavy atom. The fourth-order valence-corrected chi connectivity index (χ4v) is 1.49. The van der Waals surface area contributed by atoms with Crippen LogP contribution in [0.4, 0.5) is 0 Å². The number of hydrogen-bond donors (Lipinski definition) is 4. The van der Waals surface area contributed by atoms with Gasteiger partial charge in [0.05, 0.1) is 0 Å². The molecule has 0 aromatic rings. The lowest BCUT2D eigenvalue weighted by molar-refractivity contribution is -0.145. The minimum atomic E-state index is -4.58. The Kier molecular flexibility index (Phi) is 2.79. The zero-order valence-electron chi connectivity index (χ0n) is 7.07. The highest BCUT2D eigenvalue weighted by molar-refractivity contribution is 7.50. The van der Waals surface area contributed by atoms with Crippen molar-refractivity contribution < 1.29 is 24.3 Å². The van der Waals surface area contributed by atoms with Crippen LogP contribution in [0.5, 0.6) is 0 Å². The van der Waals surface area contributed by atoms with Crippen LogP contribution in [0.1, 0.15) is 6.42 Å². The van der Waals surface area contributed by atoms with Crippen LogP contribution in [0.3, 0.4) is 0 Å². The zero-order chi connectivity index (χ0) is 10.9. The van der Waals surface area contributed by atoms with Gasteiger partial charge in [0, 0.05) is 6.54 Å². The minimum Gasteiger partial charge on any atom is -0.480 e. The van der Waals surface area contributed by atoms with Gasteiger partial charge in [-0.2, -0.15) is 0 Å². The summed E-state index contributed by atoms with van der Waals surface area (Å²) >= 11 is 0. The van der Waals surface area contributed by atoms with Crippen LogP contribution in [0, 0.1) is 0 Å². The minimum absolute atomic E-state index is 0.340. The van der Waals surface area contributed by atoms with Crippen molar-refractivity contribution in [1.29, 1.82) is 0 Å². The van der Waals surface area contributed by atoms with E-state index in [-0.39, 0.29) is 0 Å². The summed E-state index contributed by atoms with van der Waals surface area (Å²) in [6.45, 7) is 0.340. The van der Waals surface area contributed by atoms with Gasteiger partial charge >= 0.3 is 13.7 Å². The monoisotopic (exact) mass is 223 g/mol. The summed E-state index contributed by atoms with van der Waals surface area (Å²) in [6.07, 6.45) is 0.396. The van der Waals surface area contributed by atoms with Gasteiger partial charge in [-0.1, -0.05) is 0 Å². The van der Waals surface area contributed by atoms with Crippen molar-refractivity contribution in [2.75, 3.05) is 6.54 Å². The van der Waals surface area contributed by atoms with E-state index in [4.69, 9.17) is 20.6 Å². The predicted octanol–water partition coefficient (Wildman–Crippen LogP) is -1.45. The zero-order valence-corrected chi connectivity index (χ0v) is 7.96. The average Bonchev–Trinajstić information content (AvgIpc) is 1.75. The van der Waals surface area contributed by atoms with Gasteiger partial charge < -0.3 is 25.5 Å². The third kappa shape index (κ3) is 2.44. The highest BCUT2D eigenvalue weighted by Gasteiger charge is 2.36. The van der Waals surface area contributed by atoms with E-state index in [9.17, 15) is 9.36 Å². The second-order valence-electron chi connectivity index (χ2n) is 2.81. The summed E-state index contributed by atoms with van der Waals surface area (Å²) in [4.78, 5) is 28.5. The highest BCUT2D eigenvalue weighted by Crippen LogP contribution is 2.36. The maximum Gasteiger partial charge on any atom is 0.451 e. The third-order valence-corrected chi connectivity index (χ3v) is 2.30. The van der Waals surface area contributed by atoms with Crippen molar-refractivity contribution in [2.24, 2.45) is 10.5 Å². The number of likely N-dealkylation sites (tertiary alicyclic amines) is 1. The molecule has 0 amide bonds. The van der Waals surface area contributed by atoms with E-state index in [0.717, 1.165) is 4.90 Å². The maximum absolute atomic E-state index is 10.5. The second-order valence-corrected chi connectivity index (χ2v) is 4.03. The number of nitrogens with two attached hydrogens (primary N) is 1. The first-order chi connectivity index (χ1) is 6.31. The first-order valence-electron chi connectivity index (χ1n) is 3.72. The van der Waals surface area contributed by atoms with Crippen LogP contribution >= 0.6 is 7.75 Å². The van der Waals surface area contributed by atoms with Crippen LogP contribution in [-0.2, 0) is 9.36 Å². The molecule has 9 heteroatoms. The molecule has 1 saturated heterocycles. The van der Waals surface area contributed by atoms with Crippen molar-refractivity contribution >= 4 is 19.7 Å². The summed E-state index contributed by atoms with van der Waals surface area (Å²) in [5, 5.41) is 8.60. The van der Waals surface area contributed by atoms with Crippen LogP contribution in [0.15, 0.2) is 4.76 Å². The number of carboxylic acid groups (broad SMARTS) is 1. The largest absolute Gasteiger partial charge is 0.480 e. The number of aliphatic carboxylic acids is 1.